The lowest BCUT2D eigenvalue weighted by Gasteiger charge is -2.08. The third kappa shape index (κ3) is 4.57. The predicted octanol–water partition coefficient (Wildman–Crippen LogP) is 0.403. The minimum Gasteiger partial charge on any atom is -0.354 e. The van der Waals surface area contributed by atoms with E-state index in [-0.39, 0.29) is 22.9 Å². The van der Waals surface area contributed by atoms with Crippen LogP contribution in [0.15, 0.2) is 64.4 Å². The molecule has 9 heteroatoms. The summed E-state index contributed by atoms with van der Waals surface area (Å²) in [5.74, 6) is -0.332. The summed E-state index contributed by atoms with van der Waals surface area (Å²) in [6.07, 6.45) is 2.06. The summed E-state index contributed by atoms with van der Waals surface area (Å²) in [4.78, 5) is 24.4. The van der Waals surface area contributed by atoms with Crippen molar-refractivity contribution in [1.82, 2.24) is 15.1 Å². The molecule has 27 heavy (non-hydrogen) atoms. The average molecular weight is 386 g/mol. The molecule has 0 unspecified atom stereocenters. The van der Waals surface area contributed by atoms with E-state index in [0.717, 1.165) is 15.6 Å². The van der Waals surface area contributed by atoms with E-state index < -0.39 is 10.0 Å². The standard InChI is InChI=1S/C18H18N4O4S/c19-27(25,26)15-7-5-13(6-8-15)9-10-20-17(23)12-22-18(24)16-4-2-1-3-14(16)11-21-22/h1-8,11H,9-10,12H2,(H,20,23)(H2,19,25,26). The number of hydrogen-bond acceptors (Lipinski definition) is 5. The number of nitrogens with one attached hydrogen (secondary N) is 1. The highest BCUT2D eigenvalue weighted by Gasteiger charge is 2.09. The Bertz CT molecular complexity index is 1140. The van der Waals surface area contributed by atoms with Crippen LogP contribution in [0.5, 0.6) is 0 Å². The summed E-state index contributed by atoms with van der Waals surface area (Å²) in [6, 6.07) is 13.2. The molecule has 0 saturated carbocycles. The van der Waals surface area contributed by atoms with Crippen LogP contribution in [0.2, 0.25) is 0 Å². The molecule has 0 bridgehead atoms. The van der Waals surface area contributed by atoms with Gasteiger partial charge in [0.25, 0.3) is 5.56 Å². The average Bonchev–Trinajstić information content (AvgIpc) is 2.64. The number of rotatable bonds is 6. The van der Waals surface area contributed by atoms with Crippen molar-refractivity contribution in [3.05, 3.63) is 70.6 Å². The zero-order valence-electron chi connectivity index (χ0n) is 14.3. The van der Waals surface area contributed by atoms with Gasteiger partial charge < -0.3 is 5.32 Å². The number of amides is 1. The normalized spacial score (nSPS) is 11.4. The molecule has 2 aromatic carbocycles. The van der Waals surface area contributed by atoms with Gasteiger partial charge in [0.1, 0.15) is 6.54 Å². The third-order valence-corrected chi connectivity index (χ3v) is 4.97. The van der Waals surface area contributed by atoms with Gasteiger partial charge in [0.15, 0.2) is 0 Å². The van der Waals surface area contributed by atoms with E-state index in [1.165, 1.54) is 12.1 Å². The first kappa shape index (κ1) is 18.7. The molecule has 1 heterocycles. The lowest BCUT2D eigenvalue weighted by molar-refractivity contribution is -0.121. The van der Waals surface area contributed by atoms with Crippen molar-refractivity contribution in [3.63, 3.8) is 0 Å². The molecule has 3 N–H and O–H groups in total. The fourth-order valence-electron chi connectivity index (χ4n) is 2.62. The number of aromatic nitrogens is 2. The first-order chi connectivity index (χ1) is 12.8. The Balaban J connectivity index is 1.57. The molecule has 0 saturated heterocycles. The van der Waals surface area contributed by atoms with Gasteiger partial charge in [-0.25, -0.2) is 18.2 Å². The van der Waals surface area contributed by atoms with E-state index in [0.29, 0.717) is 18.4 Å². The van der Waals surface area contributed by atoms with Gasteiger partial charge in [-0.15, -0.1) is 0 Å². The maximum absolute atomic E-state index is 12.3. The number of hydrogen-bond donors (Lipinski definition) is 2. The largest absolute Gasteiger partial charge is 0.354 e. The fraction of sp³-hybridized carbons (Fsp3) is 0.167. The van der Waals surface area contributed by atoms with Crippen LogP contribution in [0.4, 0.5) is 0 Å². The Hall–Kier alpha value is -3.04. The third-order valence-electron chi connectivity index (χ3n) is 4.04. The number of nitrogens with zero attached hydrogens (tertiary/aromatic N) is 2. The van der Waals surface area contributed by atoms with Gasteiger partial charge in [0.2, 0.25) is 15.9 Å². The highest BCUT2D eigenvalue weighted by molar-refractivity contribution is 7.89. The first-order valence-electron chi connectivity index (χ1n) is 8.18. The lowest BCUT2D eigenvalue weighted by Crippen LogP contribution is -2.34. The summed E-state index contributed by atoms with van der Waals surface area (Å²) < 4.78 is 23.6. The smallest absolute Gasteiger partial charge is 0.275 e. The molecule has 1 amide bonds. The van der Waals surface area contributed by atoms with E-state index in [1.54, 1.807) is 36.5 Å². The Morgan fingerprint density at radius 3 is 2.52 bits per heavy atom. The zero-order chi connectivity index (χ0) is 19.4. The molecule has 0 spiro atoms. The van der Waals surface area contributed by atoms with Crippen molar-refractivity contribution in [2.45, 2.75) is 17.9 Å². The molecule has 140 valence electrons. The van der Waals surface area contributed by atoms with Crippen molar-refractivity contribution in [2.75, 3.05) is 6.54 Å². The molecular weight excluding hydrogens is 368 g/mol. The van der Waals surface area contributed by atoms with Crippen LogP contribution < -0.4 is 16.0 Å². The number of primary sulfonamides is 1. The number of benzene rings is 2. The van der Waals surface area contributed by atoms with Crippen molar-refractivity contribution in [2.24, 2.45) is 5.14 Å². The highest BCUT2D eigenvalue weighted by Crippen LogP contribution is 2.09. The van der Waals surface area contributed by atoms with Gasteiger partial charge in [-0.3, -0.25) is 9.59 Å². The topological polar surface area (TPSA) is 124 Å². The summed E-state index contributed by atoms with van der Waals surface area (Å²) in [5.41, 5.74) is 0.533. The minimum atomic E-state index is -3.72. The number of carbonyl (C=O) groups excluding carboxylic acids is 1. The van der Waals surface area contributed by atoms with Crippen LogP contribution >= 0.6 is 0 Å². The van der Waals surface area contributed by atoms with Crippen LogP contribution in [0.3, 0.4) is 0 Å². The quantitative estimate of drug-likeness (QED) is 0.635. The summed E-state index contributed by atoms with van der Waals surface area (Å²) in [6.45, 7) is 0.171. The second-order valence-corrected chi connectivity index (χ2v) is 7.54. The van der Waals surface area contributed by atoms with E-state index in [2.05, 4.69) is 10.4 Å². The van der Waals surface area contributed by atoms with Crippen LogP contribution in [0, 0.1) is 0 Å². The maximum Gasteiger partial charge on any atom is 0.275 e. The number of nitrogens with two attached hydrogens (primary N) is 1. The first-order valence-corrected chi connectivity index (χ1v) is 9.72. The molecule has 8 nitrogen and oxygen atoms in total. The summed E-state index contributed by atoms with van der Waals surface area (Å²) >= 11 is 0. The van der Waals surface area contributed by atoms with Gasteiger partial charge in [-0.1, -0.05) is 30.3 Å². The van der Waals surface area contributed by atoms with Crippen molar-refractivity contribution in [3.8, 4) is 0 Å². The van der Waals surface area contributed by atoms with Gasteiger partial charge in [-0.2, -0.15) is 5.10 Å². The summed E-state index contributed by atoms with van der Waals surface area (Å²) in [5, 5.41) is 13.0. The van der Waals surface area contributed by atoms with Crippen LogP contribution in [0.25, 0.3) is 10.8 Å². The van der Waals surface area contributed by atoms with Crippen molar-refractivity contribution >= 4 is 26.7 Å². The lowest BCUT2D eigenvalue weighted by atomic mass is 10.1. The van der Waals surface area contributed by atoms with Gasteiger partial charge in [0.05, 0.1) is 16.5 Å². The monoisotopic (exact) mass is 386 g/mol. The summed E-state index contributed by atoms with van der Waals surface area (Å²) in [7, 11) is -3.72. The molecule has 0 aliphatic heterocycles. The fourth-order valence-corrected chi connectivity index (χ4v) is 3.14. The van der Waals surface area contributed by atoms with E-state index >= 15 is 0 Å². The van der Waals surface area contributed by atoms with Crippen molar-refractivity contribution < 1.29 is 13.2 Å². The molecule has 0 atom stereocenters. The van der Waals surface area contributed by atoms with E-state index in [1.807, 2.05) is 6.07 Å². The second kappa shape index (κ2) is 7.68. The van der Waals surface area contributed by atoms with Crippen LogP contribution in [-0.2, 0) is 27.8 Å². The van der Waals surface area contributed by atoms with E-state index in [4.69, 9.17) is 5.14 Å². The van der Waals surface area contributed by atoms with Crippen LogP contribution in [0.1, 0.15) is 5.56 Å². The van der Waals surface area contributed by atoms with Gasteiger partial charge >= 0.3 is 0 Å². The molecule has 0 aliphatic rings. The number of carbonyl (C=O) groups is 1. The van der Waals surface area contributed by atoms with Gasteiger partial charge in [-0.05, 0) is 30.2 Å². The molecule has 0 fully saturated rings. The molecule has 0 radical (unpaired) electrons. The maximum atomic E-state index is 12.3. The van der Waals surface area contributed by atoms with Crippen LogP contribution in [-0.4, -0.2) is 30.7 Å². The van der Waals surface area contributed by atoms with Crippen molar-refractivity contribution in [1.29, 1.82) is 0 Å². The highest BCUT2D eigenvalue weighted by atomic mass is 32.2. The van der Waals surface area contributed by atoms with Gasteiger partial charge in [0, 0.05) is 11.9 Å². The minimum absolute atomic E-state index is 0.0389. The molecule has 1 aromatic heterocycles. The Morgan fingerprint density at radius 1 is 1.11 bits per heavy atom. The Morgan fingerprint density at radius 2 is 1.81 bits per heavy atom. The molecule has 0 aliphatic carbocycles. The number of sulfonamides is 1. The number of fused-ring (bicyclic) bond motifs is 1. The SMILES string of the molecule is NS(=O)(=O)c1ccc(CCNC(=O)Cn2ncc3ccccc3c2=O)cc1. The zero-order valence-corrected chi connectivity index (χ0v) is 15.1. The molecular formula is C18H18N4O4S. The molecule has 3 aromatic rings. The predicted molar refractivity (Wildman–Crippen MR) is 101 cm³/mol. The van der Waals surface area contributed by atoms with E-state index in [9.17, 15) is 18.0 Å². The second-order valence-electron chi connectivity index (χ2n) is 5.98. The molecule has 3 rings (SSSR count). The Kier molecular flexibility index (Phi) is 5.33. The Labute approximate surface area is 155 Å².